The average molecular weight is 519 g/mol. The van der Waals surface area contributed by atoms with Crippen LogP contribution in [0.25, 0.3) is 0 Å². The maximum Gasteiger partial charge on any atom is 0.186 e. The molecule has 1 saturated heterocycles. The molecular formula is C28H58O6Si. The highest BCUT2D eigenvalue weighted by Crippen LogP contribution is 2.24. The molecule has 0 aromatic heterocycles. The van der Waals surface area contributed by atoms with Crippen LogP contribution in [-0.4, -0.2) is 72.4 Å². The van der Waals surface area contributed by atoms with Gasteiger partial charge in [0, 0.05) is 14.7 Å². The fourth-order valence-electron chi connectivity index (χ4n) is 4.93. The molecule has 0 spiro atoms. The first kappa shape index (κ1) is 33.0. The molecule has 0 radical (unpaired) electrons. The number of hydrogen-bond acceptors (Lipinski definition) is 6. The Labute approximate surface area is 216 Å². The number of aliphatic hydroxyl groups is 4. The summed E-state index contributed by atoms with van der Waals surface area (Å²) in [7, 11) is -1.40. The van der Waals surface area contributed by atoms with E-state index in [1.54, 1.807) is 0 Å². The van der Waals surface area contributed by atoms with Crippen LogP contribution in [-0.2, 0) is 9.47 Å². The molecule has 4 N–H and O–H groups in total. The third-order valence-corrected chi connectivity index (χ3v) is 10.9. The van der Waals surface area contributed by atoms with E-state index in [4.69, 9.17) is 9.47 Å². The van der Waals surface area contributed by atoms with Crippen molar-refractivity contribution in [3.63, 3.8) is 0 Å². The van der Waals surface area contributed by atoms with Crippen molar-refractivity contribution in [2.24, 2.45) is 0 Å². The monoisotopic (exact) mass is 518 g/mol. The van der Waals surface area contributed by atoms with Crippen molar-refractivity contribution in [2.45, 2.75) is 166 Å². The molecule has 1 fully saturated rings. The SMILES string of the molecule is CCCCCCCCCCCCCCCCCC[Si](C)(C)CCO[C@@H]1O[C@H](CO)[C@@H](O)[C@H](O)[C@@H]1O. The summed E-state index contributed by atoms with van der Waals surface area (Å²) in [6.45, 7) is 7.05. The second kappa shape index (κ2) is 20.0. The van der Waals surface area contributed by atoms with E-state index in [0.717, 1.165) is 6.04 Å². The molecule has 6 nitrogen and oxygen atoms in total. The van der Waals surface area contributed by atoms with Gasteiger partial charge in [-0.05, 0) is 6.04 Å². The standard InChI is InChI=1S/C28H58O6Si/c1-4-5-6-7-8-9-10-11-12-13-14-15-16-17-18-19-21-35(2,3)22-20-33-28-27(32)26(31)25(30)24(23-29)34-28/h24-32H,4-23H2,1-3H3/t24-,25-,26+,27+,28-/m1/s1. The van der Waals surface area contributed by atoms with Crippen molar-refractivity contribution in [1.82, 2.24) is 0 Å². The molecule has 210 valence electrons. The fourth-order valence-corrected chi connectivity index (χ4v) is 7.06. The molecule has 35 heavy (non-hydrogen) atoms. The maximum absolute atomic E-state index is 10.1. The fraction of sp³-hybridized carbons (Fsp3) is 1.00. The minimum atomic E-state index is -1.40. The van der Waals surface area contributed by atoms with Gasteiger partial charge in [-0.2, -0.15) is 0 Å². The lowest BCUT2D eigenvalue weighted by Gasteiger charge is -2.39. The zero-order valence-corrected chi connectivity index (χ0v) is 24.1. The average Bonchev–Trinajstić information content (AvgIpc) is 2.83. The summed E-state index contributed by atoms with van der Waals surface area (Å²) >= 11 is 0. The second-order valence-electron chi connectivity index (χ2n) is 11.5. The summed E-state index contributed by atoms with van der Waals surface area (Å²) in [5.74, 6) is 0. The lowest BCUT2D eigenvalue weighted by Crippen LogP contribution is -2.59. The van der Waals surface area contributed by atoms with Gasteiger partial charge in [-0.15, -0.1) is 0 Å². The third-order valence-electron chi connectivity index (χ3n) is 7.62. The van der Waals surface area contributed by atoms with E-state index >= 15 is 0 Å². The quantitative estimate of drug-likeness (QED) is 0.107. The molecular weight excluding hydrogens is 460 g/mol. The van der Waals surface area contributed by atoms with Crippen molar-refractivity contribution >= 4 is 8.07 Å². The summed E-state index contributed by atoms with van der Waals surface area (Å²) in [4.78, 5) is 0. The Hall–Kier alpha value is -0.0231. The minimum Gasteiger partial charge on any atom is -0.394 e. The Morgan fingerprint density at radius 1 is 0.629 bits per heavy atom. The van der Waals surface area contributed by atoms with E-state index in [0.29, 0.717) is 6.61 Å². The van der Waals surface area contributed by atoms with E-state index in [9.17, 15) is 20.4 Å². The zero-order valence-electron chi connectivity index (χ0n) is 23.1. The van der Waals surface area contributed by atoms with Crippen LogP contribution in [0.4, 0.5) is 0 Å². The number of rotatable bonds is 22. The third kappa shape index (κ3) is 15.1. The minimum absolute atomic E-state index is 0.426. The highest BCUT2D eigenvalue weighted by Gasteiger charge is 2.44. The Morgan fingerprint density at radius 3 is 1.54 bits per heavy atom. The molecule has 7 heteroatoms. The first-order valence-corrected chi connectivity index (χ1v) is 18.2. The van der Waals surface area contributed by atoms with Gasteiger partial charge in [-0.3, -0.25) is 0 Å². The Morgan fingerprint density at radius 2 is 1.09 bits per heavy atom. The Bertz CT molecular complexity index is 490. The van der Waals surface area contributed by atoms with E-state index in [2.05, 4.69) is 20.0 Å². The molecule has 1 heterocycles. The zero-order chi connectivity index (χ0) is 25.9. The molecule has 0 saturated carbocycles. The van der Waals surface area contributed by atoms with Crippen molar-refractivity contribution < 1.29 is 29.9 Å². The topological polar surface area (TPSA) is 99.4 Å². The highest BCUT2D eigenvalue weighted by atomic mass is 28.3. The molecule has 0 aromatic carbocycles. The van der Waals surface area contributed by atoms with Gasteiger partial charge in [0.05, 0.1) is 6.61 Å². The van der Waals surface area contributed by atoms with Crippen molar-refractivity contribution in [1.29, 1.82) is 0 Å². The normalized spacial score (nSPS) is 25.3. The number of unbranched alkanes of at least 4 members (excludes halogenated alkanes) is 15. The molecule has 1 aliphatic heterocycles. The van der Waals surface area contributed by atoms with Crippen LogP contribution in [0.2, 0.25) is 25.2 Å². The maximum atomic E-state index is 10.1. The van der Waals surface area contributed by atoms with Crippen molar-refractivity contribution in [3.05, 3.63) is 0 Å². The molecule has 0 amide bonds. The molecule has 0 aliphatic carbocycles. The van der Waals surface area contributed by atoms with Gasteiger partial charge >= 0.3 is 0 Å². The van der Waals surface area contributed by atoms with Gasteiger partial charge in [-0.25, -0.2) is 0 Å². The van der Waals surface area contributed by atoms with Crippen LogP contribution in [0.3, 0.4) is 0 Å². The van der Waals surface area contributed by atoms with Crippen LogP contribution >= 0.6 is 0 Å². The number of hydrogen-bond donors (Lipinski definition) is 4. The predicted octanol–water partition coefficient (Wildman–Crippen LogP) is 5.77. The van der Waals surface area contributed by atoms with Gasteiger partial charge in [0.25, 0.3) is 0 Å². The van der Waals surface area contributed by atoms with Gasteiger partial charge in [0.1, 0.15) is 24.4 Å². The Kier molecular flexibility index (Phi) is 18.9. The smallest absolute Gasteiger partial charge is 0.186 e. The Balaban J connectivity index is 1.96. The molecule has 1 aliphatic rings. The highest BCUT2D eigenvalue weighted by molar-refractivity contribution is 6.77. The molecule has 1 rings (SSSR count). The first-order valence-electron chi connectivity index (χ1n) is 14.7. The van der Waals surface area contributed by atoms with Crippen molar-refractivity contribution in [3.8, 4) is 0 Å². The van der Waals surface area contributed by atoms with Crippen LogP contribution in [0, 0.1) is 0 Å². The van der Waals surface area contributed by atoms with Crippen LogP contribution in [0.1, 0.15) is 110 Å². The van der Waals surface area contributed by atoms with Crippen LogP contribution < -0.4 is 0 Å². The van der Waals surface area contributed by atoms with Gasteiger partial charge in [-0.1, -0.05) is 129 Å². The second-order valence-corrected chi connectivity index (χ2v) is 16.9. The van der Waals surface area contributed by atoms with Crippen molar-refractivity contribution in [2.75, 3.05) is 13.2 Å². The largest absolute Gasteiger partial charge is 0.394 e. The first-order chi connectivity index (χ1) is 16.8. The lowest BCUT2D eigenvalue weighted by molar-refractivity contribution is -0.300. The van der Waals surface area contributed by atoms with Crippen LogP contribution in [0.15, 0.2) is 0 Å². The summed E-state index contributed by atoms with van der Waals surface area (Å²) in [5, 5.41) is 39.1. The summed E-state index contributed by atoms with van der Waals surface area (Å²) in [6, 6.07) is 2.23. The molecule has 5 atom stereocenters. The van der Waals surface area contributed by atoms with E-state index in [1.165, 1.54) is 109 Å². The molecule has 0 unspecified atom stereocenters. The summed E-state index contributed by atoms with van der Waals surface area (Å²) < 4.78 is 11.1. The molecule has 0 bridgehead atoms. The van der Waals surface area contributed by atoms with E-state index in [-0.39, 0.29) is 0 Å². The van der Waals surface area contributed by atoms with E-state index < -0.39 is 45.4 Å². The lowest BCUT2D eigenvalue weighted by atomic mass is 9.99. The van der Waals surface area contributed by atoms with Gasteiger partial charge < -0.3 is 29.9 Å². The summed E-state index contributed by atoms with van der Waals surface area (Å²) in [5.41, 5.74) is 0. The molecule has 0 aromatic rings. The summed E-state index contributed by atoms with van der Waals surface area (Å²) in [6.07, 6.45) is 16.3. The van der Waals surface area contributed by atoms with Crippen LogP contribution in [0.5, 0.6) is 0 Å². The van der Waals surface area contributed by atoms with E-state index in [1.807, 2.05) is 0 Å². The predicted molar refractivity (Wildman–Crippen MR) is 146 cm³/mol. The number of ether oxygens (including phenoxy) is 2. The number of aliphatic hydroxyl groups excluding tert-OH is 4. The van der Waals surface area contributed by atoms with Gasteiger partial charge in [0.15, 0.2) is 6.29 Å². The van der Waals surface area contributed by atoms with Gasteiger partial charge in [0.2, 0.25) is 0 Å².